The van der Waals surface area contributed by atoms with Gasteiger partial charge in [0.25, 0.3) is 0 Å². The average molecular weight is 325 g/mol. The molecule has 0 fully saturated rings. The number of rotatable bonds is 5. The molecule has 0 unspecified atom stereocenters. The van der Waals surface area contributed by atoms with Crippen LogP contribution in [0.15, 0.2) is 42.5 Å². The van der Waals surface area contributed by atoms with Gasteiger partial charge >= 0.3 is 0 Å². The summed E-state index contributed by atoms with van der Waals surface area (Å²) >= 11 is 3.40. The van der Waals surface area contributed by atoms with Gasteiger partial charge < -0.3 is 9.47 Å². The predicted molar refractivity (Wildman–Crippen MR) is 76.4 cm³/mol. The fraction of sp³-hybridized carbons (Fsp3) is 0.200. The van der Waals surface area contributed by atoms with E-state index in [1.54, 1.807) is 12.1 Å². The Morgan fingerprint density at radius 3 is 2.58 bits per heavy atom. The van der Waals surface area contributed by atoms with Crippen LogP contribution in [0.4, 0.5) is 4.39 Å². The van der Waals surface area contributed by atoms with Crippen molar-refractivity contribution in [2.24, 2.45) is 0 Å². The van der Waals surface area contributed by atoms with Gasteiger partial charge in [0, 0.05) is 22.5 Å². The van der Waals surface area contributed by atoms with E-state index in [9.17, 15) is 4.39 Å². The lowest BCUT2D eigenvalue weighted by Crippen LogP contribution is -2.00. The number of methoxy groups -OCH3 is 1. The quantitative estimate of drug-likeness (QED) is 0.763. The van der Waals surface area contributed by atoms with Crippen LogP contribution < -0.4 is 9.47 Å². The fourth-order valence-electron chi connectivity index (χ4n) is 1.68. The number of hydrogen-bond donors (Lipinski definition) is 0. The van der Waals surface area contributed by atoms with Gasteiger partial charge in [-0.3, -0.25) is 0 Å². The highest BCUT2D eigenvalue weighted by atomic mass is 79.9. The van der Waals surface area contributed by atoms with Crippen LogP contribution in [-0.4, -0.2) is 7.11 Å². The summed E-state index contributed by atoms with van der Waals surface area (Å²) in [6.45, 7) is 0.194. The summed E-state index contributed by atoms with van der Waals surface area (Å²) in [5.41, 5.74) is 1.54. The van der Waals surface area contributed by atoms with Crippen molar-refractivity contribution in [2.75, 3.05) is 7.11 Å². The minimum absolute atomic E-state index is 0.194. The SMILES string of the molecule is COc1ccc(COc2ccccc2CBr)c(F)c1. The molecule has 2 aromatic carbocycles. The molecule has 19 heavy (non-hydrogen) atoms. The molecular formula is C15H14BrFO2. The molecule has 0 bridgehead atoms. The molecule has 0 aliphatic carbocycles. The van der Waals surface area contributed by atoms with E-state index in [0.717, 1.165) is 11.3 Å². The van der Waals surface area contributed by atoms with E-state index >= 15 is 0 Å². The van der Waals surface area contributed by atoms with Crippen LogP contribution >= 0.6 is 15.9 Å². The molecular weight excluding hydrogens is 311 g/mol. The van der Waals surface area contributed by atoms with E-state index in [1.807, 2.05) is 24.3 Å². The molecule has 0 atom stereocenters. The fourth-order valence-corrected chi connectivity index (χ4v) is 2.15. The summed E-state index contributed by atoms with van der Waals surface area (Å²) < 4.78 is 24.4. The molecule has 4 heteroatoms. The first-order valence-corrected chi connectivity index (χ1v) is 6.96. The smallest absolute Gasteiger partial charge is 0.133 e. The van der Waals surface area contributed by atoms with Crippen molar-refractivity contribution in [3.8, 4) is 11.5 Å². The van der Waals surface area contributed by atoms with Crippen molar-refractivity contribution in [3.63, 3.8) is 0 Å². The Morgan fingerprint density at radius 1 is 1.11 bits per heavy atom. The van der Waals surface area contributed by atoms with Crippen LogP contribution in [0, 0.1) is 5.82 Å². The Bertz CT molecular complexity index is 558. The van der Waals surface area contributed by atoms with E-state index in [1.165, 1.54) is 13.2 Å². The maximum Gasteiger partial charge on any atom is 0.133 e. The third-order valence-corrected chi connectivity index (χ3v) is 3.36. The Hall–Kier alpha value is -1.55. The van der Waals surface area contributed by atoms with Crippen molar-refractivity contribution < 1.29 is 13.9 Å². The lowest BCUT2D eigenvalue weighted by atomic mass is 10.2. The molecule has 2 nitrogen and oxygen atoms in total. The van der Waals surface area contributed by atoms with Crippen LogP contribution in [0.25, 0.3) is 0 Å². The Morgan fingerprint density at radius 2 is 1.89 bits per heavy atom. The highest BCUT2D eigenvalue weighted by Gasteiger charge is 2.06. The van der Waals surface area contributed by atoms with E-state index in [4.69, 9.17) is 9.47 Å². The van der Waals surface area contributed by atoms with Crippen molar-refractivity contribution in [1.82, 2.24) is 0 Å². The van der Waals surface area contributed by atoms with Crippen LogP contribution in [0.1, 0.15) is 11.1 Å². The molecule has 0 aromatic heterocycles. The first kappa shape index (κ1) is 13.9. The maximum absolute atomic E-state index is 13.8. The molecule has 0 amide bonds. The zero-order chi connectivity index (χ0) is 13.7. The average Bonchev–Trinajstić information content (AvgIpc) is 2.46. The topological polar surface area (TPSA) is 18.5 Å². The molecule has 0 aliphatic heterocycles. The Balaban J connectivity index is 2.10. The molecule has 0 heterocycles. The largest absolute Gasteiger partial charge is 0.497 e. The van der Waals surface area contributed by atoms with Gasteiger partial charge in [0.05, 0.1) is 7.11 Å². The predicted octanol–water partition coefficient (Wildman–Crippen LogP) is 4.31. The summed E-state index contributed by atoms with van der Waals surface area (Å²) in [5.74, 6) is 0.937. The van der Waals surface area contributed by atoms with Crippen LogP contribution in [0.3, 0.4) is 0 Å². The second-order valence-corrected chi connectivity index (χ2v) is 4.55. The number of ether oxygens (including phenoxy) is 2. The number of alkyl halides is 1. The van der Waals surface area contributed by atoms with Crippen molar-refractivity contribution in [2.45, 2.75) is 11.9 Å². The maximum atomic E-state index is 13.8. The monoisotopic (exact) mass is 324 g/mol. The van der Waals surface area contributed by atoms with Gasteiger partial charge in [0.1, 0.15) is 23.9 Å². The summed E-state index contributed by atoms with van der Waals surface area (Å²) in [4.78, 5) is 0. The summed E-state index contributed by atoms with van der Waals surface area (Å²) in [6, 6.07) is 12.4. The molecule has 0 aliphatic rings. The molecule has 0 radical (unpaired) electrons. The highest BCUT2D eigenvalue weighted by molar-refractivity contribution is 9.08. The van der Waals surface area contributed by atoms with Crippen molar-refractivity contribution in [1.29, 1.82) is 0 Å². The van der Waals surface area contributed by atoms with Crippen molar-refractivity contribution >= 4 is 15.9 Å². The molecule has 0 saturated heterocycles. The highest BCUT2D eigenvalue weighted by Crippen LogP contribution is 2.23. The molecule has 2 aromatic rings. The number of benzene rings is 2. The van der Waals surface area contributed by atoms with E-state index in [-0.39, 0.29) is 12.4 Å². The van der Waals surface area contributed by atoms with Gasteiger partial charge in [0.2, 0.25) is 0 Å². The standard InChI is InChI=1S/C15H14BrFO2/c1-18-13-7-6-12(14(17)8-13)10-19-15-5-3-2-4-11(15)9-16/h2-8H,9-10H2,1H3. The minimum Gasteiger partial charge on any atom is -0.497 e. The van der Waals surface area contributed by atoms with Gasteiger partial charge in [-0.1, -0.05) is 34.1 Å². The van der Waals surface area contributed by atoms with Crippen molar-refractivity contribution in [3.05, 3.63) is 59.4 Å². The third kappa shape index (κ3) is 3.47. The van der Waals surface area contributed by atoms with Gasteiger partial charge in [0.15, 0.2) is 0 Å². The van der Waals surface area contributed by atoms with E-state index < -0.39 is 0 Å². The van der Waals surface area contributed by atoms with E-state index in [0.29, 0.717) is 16.6 Å². The minimum atomic E-state index is -0.323. The van der Waals surface area contributed by atoms with E-state index in [2.05, 4.69) is 15.9 Å². The Kier molecular flexibility index (Phi) is 4.80. The van der Waals surface area contributed by atoms with Crippen LogP contribution in [0.2, 0.25) is 0 Å². The lowest BCUT2D eigenvalue weighted by molar-refractivity contribution is 0.297. The lowest BCUT2D eigenvalue weighted by Gasteiger charge is -2.11. The number of halogens is 2. The van der Waals surface area contributed by atoms with Gasteiger partial charge in [-0.2, -0.15) is 0 Å². The van der Waals surface area contributed by atoms with Gasteiger partial charge in [-0.05, 0) is 18.2 Å². The van der Waals surface area contributed by atoms with Crippen LogP contribution in [-0.2, 0) is 11.9 Å². The normalized spacial score (nSPS) is 10.3. The zero-order valence-electron chi connectivity index (χ0n) is 10.5. The first-order valence-electron chi connectivity index (χ1n) is 5.83. The number of para-hydroxylation sites is 1. The molecule has 0 spiro atoms. The first-order chi connectivity index (χ1) is 9.24. The summed E-state index contributed by atoms with van der Waals surface area (Å²) in [7, 11) is 1.51. The number of hydrogen-bond acceptors (Lipinski definition) is 2. The summed E-state index contributed by atoms with van der Waals surface area (Å²) in [6.07, 6.45) is 0. The van der Waals surface area contributed by atoms with Gasteiger partial charge in [-0.25, -0.2) is 4.39 Å². The van der Waals surface area contributed by atoms with Gasteiger partial charge in [-0.15, -0.1) is 0 Å². The third-order valence-electron chi connectivity index (χ3n) is 2.76. The zero-order valence-corrected chi connectivity index (χ0v) is 12.1. The molecule has 100 valence electrons. The molecule has 0 N–H and O–H groups in total. The van der Waals surface area contributed by atoms with Crippen LogP contribution in [0.5, 0.6) is 11.5 Å². The molecule has 0 saturated carbocycles. The second-order valence-electron chi connectivity index (χ2n) is 3.99. The molecule has 2 rings (SSSR count). The Labute approximate surface area is 120 Å². The summed E-state index contributed by atoms with van der Waals surface area (Å²) in [5, 5.41) is 0.703. The second kappa shape index (κ2) is 6.57.